The van der Waals surface area contributed by atoms with Crippen molar-refractivity contribution in [3.8, 4) is 70.0 Å². The van der Waals surface area contributed by atoms with Crippen molar-refractivity contribution in [2.45, 2.75) is 504 Å². The number of unbranched alkanes of at least 4 members (excludes halogenated alkanes) is 66. The van der Waals surface area contributed by atoms with Crippen molar-refractivity contribution >= 4 is 0 Å². The Hall–Kier alpha value is -4.86. The molecule has 114 heavy (non-hydrogen) atoms. The molecule has 6 nitrogen and oxygen atoms in total. The number of hydrogen-bond acceptors (Lipinski definition) is 6. The Labute approximate surface area is 707 Å². The predicted molar refractivity (Wildman–Crippen MR) is 497 cm³/mol. The van der Waals surface area contributed by atoms with E-state index in [1.54, 1.807) is 0 Å². The molecule has 0 aromatic heterocycles. The van der Waals surface area contributed by atoms with Crippen LogP contribution >= 0.6 is 0 Å². The Morgan fingerprint density at radius 2 is 0.219 bits per heavy atom. The van der Waals surface area contributed by atoms with Gasteiger partial charge in [-0.1, -0.05) is 501 Å². The standard InChI is InChI=1S/C108H180O6/c1-7-13-19-25-31-37-43-49-55-61-67-73-85-109-103-91-97-79-80-99-93-105(111-87-75-69-63-57-51-45-39-33-27-21-15-9-3)107(113-89-77-71-65-59-53-47-41-35-29-23-17-11-5)95-101(99)83-84-102-96-108(114-90-78-72-66-60-54-48-42-36-30-24-18-12-6)106(112-88-76-70-64-58-52-46-40-34-28-22-16-10-4)94-100(102)82-81-98(97)92-104(103)110-86-74-68-62-56-50-44-38-32-26-20-14-8-2/h91-96H,7-78,85-90H2,1-6H3. The van der Waals surface area contributed by atoms with Gasteiger partial charge < -0.3 is 28.4 Å². The molecule has 0 aliphatic heterocycles. The van der Waals surface area contributed by atoms with Crippen LogP contribution in [0.15, 0.2) is 36.4 Å². The Kier molecular flexibility index (Phi) is 68.4. The maximum Gasteiger partial charge on any atom is 0.162 e. The summed E-state index contributed by atoms with van der Waals surface area (Å²) in [6.45, 7) is 17.6. The maximum absolute atomic E-state index is 6.89. The van der Waals surface area contributed by atoms with Crippen LogP contribution in [0.3, 0.4) is 0 Å². The molecule has 0 bridgehead atoms. The van der Waals surface area contributed by atoms with Gasteiger partial charge in [-0.15, -0.1) is 0 Å². The minimum Gasteiger partial charge on any atom is -0.490 e. The average Bonchev–Trinajstić information content (AvgIpc) is 0.801. The monoisotopic (exact) mass is 1570 g/mol. The number of benzene rings is 3. The van der Waals surface area contributed by atoms with Crippen molar-refractivity contribution in [2.24, 2.45) is 0 Å². The van der Waals surface area contributed by atoms with E-state index in [2.05, 4.69) is 113 Å². The third-order valence-corrected chi connectivity index (χ3v) is 23.8. The van der Waals surface area contributed by atoms with Crippen LogP contribution in [-0.2, 0) is 0 Å². The van der Waals surface area contributed by atoms with Gasteiger partial charge in [-0.2, -0.15) is 0 Å². The van der Waals surface area contributed by atoms with Gasteiger partial charge in [-0.3, -0.25) is 0 Å². The Bertz CT molecular complexity index is 2390. The zero-order valence-corrected chi connectivity index (χ0v) is 76.1. The van der Waals surface area contributed by atoms with Gasteiger partial charge in [0.1, 0.15) is 0 Å². The third kappa shape index (κ3) is 55.0. The van der Waals surface area contributed by atoms with Crippen molar-refractivity contribution in [2.75, 3.05) is 39.6 Å². The molecule has 0 unspecified atom stereocenters. The molecular formula is C108H180O6. The van der Waals surface area contributed by atoms with Crippen LogP contribution in [0.1, 0.15) is 537 Å². The minimum atomic E-state index is 0.629. The zero-order chi connectivity index (χ0) is 80.8. The Morgan fingerprint density at radius 1 is 0.132 bits per heavy atom. The molecule has 4 rings (SSSR count). The first-order chi connectivity index (χ1) is 56.5. The SMILES string of the molecule is CCCCCCCCCCCCCCOc1cc2c(cc1OCCCCCCCCCCCCCC)C#Cc1cc(OCCCCCCCCCCCCCC)c(OCCCCCCCCCCCCCC)cc1C#Cc1cc(OCCCCCCCCCCCCCC)c(OCCCCCCCCCCCCCC)cc1C#C2. The van der Waals surface area contributed by atoms with Crippen LogP contribution < -0.4 is 28.4 Å². The van der Waals surface area contributed by atoms with Crippen LogP contribution in [0.4, 0.5) is 0 Å². The molecule has 0 N–H and O–H groups in total. The summed E-state index contributed by atoms with van der Waals surface area (Å²) in [5, 5.41) is 0. The summed E-state index contributed by atoms with van der Waals surface area (Å²) in [4.78, 5) is 0. The molecule has 1 aliphatic rings. The summed E-state index contributed by atoms with van der Waals surface area (Å²) < 4.78 is 41.3. The van der Waals surface area contributed by atoms with E-state index in [9.17, 15) is 0 Å². The van der Waals surface area contributed by atoms with Crippen LogP contribution in [0.25, 0.3) is 0 Å². The summed E-state index contributed by atoms with van der Waals surface area (Å²) in [5.41, 5.74) is 4.85. The second kappa shape index (κ2) is 76.8. The van der Waals surface area contributed by atoms with Crippen molar-refractivity contribution in [3.05, 3.63) is 69.8 Å². The van der Waals surface area contributed by atoms with Gasteiger partial charge >= 0.3 is 0 Å². The van der Waals surface area contributed by atoms with E-state index in [1.165, 1.54) is 385 Å². The van der Waals surface area contributed by atoms with Gasteiger partial charge in [0.25, 0.3) is 0 Å². The summed E-state index contributed by atoms with van der Waals surface area (Å²) in [6.07, 6.45) is 93.7. The molecule has 0 fully saturated rings. The molecule has 0 saturated carbocycles. The quantitative estimate of drug-likeness (QED) is 0.0324. The van der Waals surface area contributed by atoms with Crippen LogP contribution in [0.5, 0.6) is 34.5 Å². The molecule has 0 atom stereocenters. The fourth-order valence-electron chi connectivity index (χ4n) is 16.1. The molecule has 1 aliphatic carbocycles. The second-order valence-electron chi connectivity index (χ2n) is 34.7. The van der Waals surface area contributed by atoms with Crippen molar-refractivity contribution < 1.29 is 28.4 Å². The highest BCUT2D eigenvalue weighted by Crippen LogP contribution is 2.37. The number of rotatable bonds is 84. The molecule has 6 heteroatoms. The molecule has 3 aromatic carbocycles. The highest BCUT2D eigenvalue weighted by atomic mass is 16.5. The Morgan fingerprint density at radius 3 is 0.316 bits per heavy atom. The zero-order valence-electron chi connectivity index (χ0n) is 76.1. The van der Waals surface area contributed by atoms with Crippen molar-refractivity contribution in [3.63, 3.8) is 0 Å². The van der Waals surface area contributed by atoms with Crippen molar-refractivity contribution in [1.29, 1.82) is 0 Å². The van der Waals surface area contributed by atoms with E-state index in [0.29, 0.717) is 39.6 Å². The van der Waals surface area contributed by atoms with Crippen LogP contribution in [0.2, 0.25) is 0 Å². The molecule has 0 radical (unpaired) electrons. The van der Waals surface area contributed by atoms with E-state index in [1.807, 2.05) is 0 Å². The summed E-state index contributed by atoms with van der Waals surface area (Å²) in [5.74, 6) is 26.7. The first-order valence-corrected chi connectivity index (χ1v) is 50.4. The fraction of sp³-hybridized carbons (Fsp3) is 0.778. The third-order valence-electron chi connectivity index (χ3n) is 23.8. The number of hydrogen-bond donors (Lipinski definition) is 0. The molecule has 0 saturated heterocycles. The van der Waals surface area contributed by atoms with E-state index in [0.717, 1.165) is 145 Å². The lowest BCUT2D eigenvalue weighted by Crippen LogP contribution is -2.05. The molecule has 0 heterocycles. The van der Waals surface area contributed by atoms with Gasteiger partial charge in [0.15, 0.2) is 34.5 Å². The lowest BCUT2D eigenvalue weighted by Gasteiger charge is -2.16. The second-order valence-corrected chi connectivity index (χ2v) is 34.7. The predicted octanol–water partition coefficient (Wildman–Crippen LogP) is 34.7. The fourth-order valence-corrected chi connectivity index (χ4v) is 16.1. The van der Waals surface area contributed by atoms with Gasteiger partial charge in [-0.05, 0) is 38.5 Å². The molecule has 648 valence electrons. The largest absolute Gasteiger partial charge is 0.490 e. The normalized spacial score (nSPS) is 11.5. The van der Waals surface area contributed by atoms with Gasteiger partial charge in [0.05, 0.1) is 39.6 Å². The smallest absolute Gasteiger partial charge is 0.162 e. The summed E-state index contributed by atoms with van der Waals surface area (Å²) in [6, 6.07) is 12.8. The van der Waals surface area contributed by atoms with Crippen molar-refractivity contribution in [1.82, 2.24) is 0 Å². The van der Waals surface area contributed by atoms with E-state index in [-0.39, 0.29) is 0 Å². The first kappa shape index (κ1) is 101. The highest BCUT2D eigenvalue weighted by molar-refractivity contribution is 5.67. The van der Waals surface area contributed by atoms with E-state index < -0.39 is 0 Å². The summed E-state index contributed by atoms with van der Waals surface area (Å²) in [7, 11) is 0. The van der Waals surface area contributed by atoms with Gasteiger partial charge in [0, 0.05) is 69.8 Å². The van der Waals surface area contributed by atoms with E-state index in [4.69, 9.17) is 28.4 Å². The first-order valence-electron chi connectivity index (χ1n) is 50.4. The van der Waals surface area contributed by atoms with Crippen LogP contribution in [0, 0.1) is 35.5 Å². The molecular weight excluding hydrogens is 1390 g/mol. The topological polar surface area (TPSA) is 55.4 Å². The minimum absolute atomic E-state index is 0.629. The lowest BCUT2D eigenvalue weighted by molar-refractivity contribution is 0.258. The molecule has 3 aromatic rings. The number of ether oxygens (including phenoxy) is 6. The van der Waals surface area contributed by atoms with Gasteiger partial charge in [-0.25, -0.2) is 0 Å². The molecule has 0 spiro atoms. The van der Waals surface area contributed by atoms with Gasteiger partial charge in [0.2, 0.25) is 0 Å². The summed E-state index contributed by atoms with van der Waals surface area (Å²) >= 11 is 0. The highest BCUT2D eigenvalue weighted by Gasteiger charge is 2.18. The Balaban J connectivity index is 1.76. The number of fused-ring (bicyclic) bond motifs is 3. The lowest BCUT2D eigenvalue weighted by atomic mass is 10.0. The maximum atomic E-state index is 6.89. The van der Waals surface area contributed by atoms with Crippen LogP contribution in [-0.4, -0.2) is 39.6 Å². The van der Waals surface area contributed by atoms with E-state index >= 15 is 0 Å². The molecule has 0 amide bonds. The average molecular weight is 1570 g/mol.